The minimum absolute atomic E-state index is 0.502. The van der Waals surface area contributed by atoms with Crippen molar-refractivity contribution in [3.63, 3.8) is 0 Å². The van der Waals surface area contributed by atoms with Crippen molar-refractivity contribution in [2.75, 3.05) is 11.9 Å². The third-order valence-electron chi connectivity index (χ3n) is 4.11. The van der Waals surface area contributed by atoms with E-state index in [4.69, 9.17) is 0 Å². The Hall–Kier alpha value is -1.32. The monoisotopic (exact) mass is 300 g/mol. The fraction of sp³-hybridized carbons (Fsp3) is 0.444. The maximum absolute atomic E-state index is 3.67. The number of rotatable bonds is 5. The summed E-state index contributed by atoms with van der Waals surface area (Å²) in [6.07, 6.45) is 3.57. The molecule has 3 rings (SSSR count). The molecule has 0 saturated heterocycles. The summed E-state index contributed by atoms with van der Waals surface area (Å²) in [5.41, 5.74) is 4.25. The van der Waals surface area contributed by atoms with Gasteiger partial charge in [0.05, 0.1) is 0 Å². The van der Waals surface area contributed by atoms with Crippen molar-refractivity contribution >= 4 is 17.0 Å². The van der Waals surface area contributed by atoms with Crippen LogP contribution in [0.5, 0.6) is 0 Å². The molecule has 0 aliphatic carbocycles. The first kappa shape index (κ1) is 14.6. The van der Waals surface area contributed by atoms with Crippen LogP contribution < -0.4 is 10.6 Å². The number of aryl methyl sites for hydroxylation is 2. The van der Waals surface area contributed by atoms with Gasteiger partial charge < -0.3 is 10.6 Å². The fourth-order valence-corrected chi connectivity index (χ4v) is 4.00. The van der Waals surface area contributed by atoms with Crippen LogP contribution in [-0.2, 0) is 19.4 Å². The number of fused-ring (bicyclic) bond motifs is 1. The van der Waals surface area contributed by atoms with Gasteiger partial charge in [0.25, 0.3) is 0 Å². The second-order valence-corrected chi connectivity index (χ2v) is 7.35. The predicted molar refractivity (Wildman–Crippen MR) is 92.3 cm³/mol. The second kappa shape index (κ2) is 6.63. The molecule has 1 aromatic carbocycles. The average molecular weight is 300 g/mol. The van der Waals surface area contributed by atoms with Crippen LogP contribution in [0.2, 0.25) is 0 Å². The Bertz CT molecular complexity index is 603. The number of nitrogens with one attached hydrogen (secondary N) is 2. The van der Waals surface area contributed by atoms with E-state index in [2.05, 4.69) is 54.8 Å². The quantitative estimate of drug-likeness (QED) is 0.867. The number of hydrogen-bond acceptors (Lipinski definition) is 3. The summed E-state index contributed by atoms with van der Waals surface area (Å²) in [7, 11) is 0. The molecule has 0 amide bonds. The number of para-hydroxylation sites is 1. The highest BCUT2D eigenvalue weighted by molar-refractivity contribution is 7.11. The summed E-state index contributed by atoms with van der Waals surface area (Å²) in [6.45, 7) is 6.50. The molecule has 0 saturated carbocycles. The van der Waals surface area contributed by atoms with Gasteiger partial charge in [0.15, 0.2) is 0 Å². The molecule has 0 radical (unpaired) electrons. The zero-order valence-corrected chi connectivity index (χ0v) is 13.7. The predicted octanol–water partition coefficient (Wildman–Crippen LogP) is 4.14. The molecule has 1 aromatic heterocycles. The zero-order valence-electron chi connectivity index (χ0n) is 12.9. The third kappa shape index (κ3) is 3.66. The topological polar surface area (TPSA) is 24.1 Å². The van der Waals surface area contributed by atoms with E-state index in [-0.39, 0.29) is 0 Å². The third-order valence-corrected chi connectivity index (χ3v) is 5.13. The van der Waals surface area contributed by atoms with Crippen molar-refractivity contribution in [3.05, 3.63) is 51.2 Å². The average Bonchev–Trinajstić information content (AvgIpc) is 2.90. The maximum atomic E-state index is 3.67. The molecule has 0 fully saturated rings. The molecule has 2 heterocycles. The molecule has 0 bridgehead atoms. The van der Waals surface area contributed by atoms with E-state index in [9.17, 15) is 0 Å². The van der Waals surface area contributed by atoms with Gasteiger partial charge in [-0.3, -0.25) is 0 Å². The van der Waals surface area contributed by atoms with Gasteiger partial charge in [-0.1, -0.05) is 18.2 Å². The molecule has 1 aliphatic heterocycles. The van der Waals surface area contributed by atoms with Crippen LogP contribution in [0.25, 0.3) is 0 Å². The smallest absolute Gasteiger partial charge is 0.0418 e. The van der Waals surface area contributed by atoms with Crippen molar-refractivity contribution in [2.24, 2.45) is 0 Å². The van der Waals surface area contributed by atoms with Crippen molar-refractivity contribution in [1.82, 2.24) is 5.32 Å². The lowest BCUT2D eigenvalue weighted by atomic mass is 9.99. The van der Waals surface area contributed by atoms with E-state index < -0.39 is 0 Å². The summed E-state index contributed by atoms with van der Waals surface area (Å²) in [6, 6.07) is 11.7. The minimum atomic E-state index is 0.502. The first-order chi connectivity index (χ1) is 10.2. The van der Waals surface area contributed by atoms with E-state index in [1.807, 2.05) is 11.3 Å². The normalized spacial score (nSPS) is 15.3. The van der Waals surface area contributed by atoms with Gasteiger partial charge in [-0.05, 0) is 56.4 Å². The van der Waals surface area contributed by atoms with Crippen molar-refractivity contribution in [1.29, 1.82) is 0 Å². The number of thiophene rings is 1. The van der Waals surface area contributed by atoms with E-state index in [1.165, 1.54) is 39.4 Å². The molecule has 1 unspecified atom stereocenters. The van der Waals surface area contributed by atoms with Crippen LogP contribution in [0.3, 0.4) is 0 Å². The SMILES string of the molecule is Cc1ccc(CC(C)NCc2cccc3c2NCCC3)s1. The van der Waals surface area contributed by atoms with Gasteiger partial charge in [-0.25, -0.2) is 0 Å². The van der Waals surface area contributed by atoms with Crippen molar-refractivity contribution < 1.29 is 0 Å². The molecule has 1 atom stereocenters. The zero-order chi connectivity index (χ0) is 14.7. The van der Waals surface area contributed by atoms with Gasteiger partial charge >= 0.3 is 0 Å². The van der Waals surface area contributed by atoms with Crippen molar-refractivity contribution in [3.8, 4) is 0 Å². The van der Waals surface area contributed by atoms with Gasteiger partial charge in [0.2, 0.25) is 0 Å². The first-order valence-corrected chi connectivity index (χ1v) is 8.67. The van der Waals surface area contributed by atoms with Crippen LogP contribution in [0.15, 0.2) is 30.3 Å². The van der Waals surface area contributed by atoms with E-state index in [1.54, 1.807) is 0 Å². The fourth-order valence-electron chi connectivity index (χ4n) is 2.98. The Kier molecular flexibility index (Phi) is 4.61. The van der Waals surface area contributed by atoms with Crippen molar-refractivity contribution in [2.45, 2.75) is 45.7 Å². The molecule has 2 N–H and O–H groups in total. The molecule has 3 heteroatoms. The maximum Gasteiger partial charge on any atom is 0.0418 e. The Labute approximate surface area is 131 Å². The highest BCUT2D eigenvalue weighted by Crippen LogP contribution is 2.26. The molecule has 21 heavy (non-hydrogen) atoms. The summed E-state index contributed by atoms with van der Waals surface area (Å²) in [5, 5.41) is 7.24. The first-order valence-electron chi connectivity index (χ1n) is 7.85. The number of hydrogen-bond donors (Lipinski definition) is 2. The van der Waals surface area contributed by atoms with Crippen LogP contribution in [-0.4, -0.2) is 12.6 Å². The standard InChI is InChI=1S/C18H24N2S/c1-13(11-17-9-8-14(2)21-17)20-12-16-6-3-5-15-7-4-10-19-18(15)16/h3,5-6,8-9,13,19-20H,4,7,10-12H2,1-2H3. The number of benzene rings is 1. The molecule has 2 nitrogen and oxygen atoms in total. The molecule has 1 aliphatic rings. The molecule has 0 spiro atoms. The lowest BCUT2D eigenvalue weighted by Crippen LogP contribution is -2.28. The Balaban J connectivity index is 1.60. The van der Waals surface area contributed by atoms with Gasteiger partial charge in [-0.15, -0.1) is 11.3 Å². The lowest BCUT2D eigenvalue weighted by molar-refractivity contribution is 0.548. The van der Waals surface area contributed by atoms with Gasteiger partial charge in [-0.2, -0.15) is 0 Å². The Morgan fingerprint density at radius 2 is 2.19 bits per heavy atom. The highest BCUT2D eigenvalue weighted by atomic mass is 32.1. The summed E-state index contributed by atoms with van der Waals surface area (Å²) < 4.78 is 0. The van der Waals surface area contributed by atoms with Crippen LogP contribution >= 0.6 is 11.3 Å². The second-order valence-electron chi connectivity index (χ2n) is 5.98. The molecular weight excluding hydrogens is 276 g/mol. The minimum Gasteiger partial charge on any atom is -0.385 e. The van der Waals surface area contributed by atoms with E-state index >= 15 is 0 Å². The van der Waals surface area contributed by atoms with Crippen LogP contribution in [0.4, 0.5) is 5.69 Å². The summed E-state index contributed by atoms with van der Waals surface area (Å²) in [4.78, 5) is 2.87. The number of anilines is 1. The lowest BCUT2D eigenvalue weighted by Gasteiger charge is -2.22. The van der Waals surface area contributed by atoms with E-state index in [0.717, 1.165) is 19.5 Å². The van der Waals surface area contributed by atoms with E-state index in [0.29, 0.717) is 6.04 Å². The van der Waals surface area contributed by atoms with Gasteiger partial charge in [0, 0.05) is 34.6 Å². The largest absolute Gasteiger partial charge is 0.385 e. The summed E-state index contributed by atoms with van der Waals surface area (Å²) in [5.74, 6) is 0. The van der Waals surface area contributed by atoms with Crippen LogP contribution in [0, 0.1) is 6.92 Å². The summed E-state index contributed by atoms with van der Waals surface area (Å²) >= 11 is 1.91. The molecule has 112 valence electrons. The Morgan fingerprint density at radius 1 is 1.29 bits per heavy atom. The van der Waals surface area contributed by atoms with Crippen LogP contribution in [0.1, 0.15) is 34.2 Å². The van der Waals surface area contributed by atoms with Gasteiger partial charge in [0.1, 0.15) is 0 Å². The molecular formula is C18H24N2S. The molecule has 2 aromatic rings. The highest BCUT2D eigenvalue weighted by Gasteiger charge is 2.13. The Morgan fingerprint density at radius 3 is 3.00 bits per heavy atom.